The molecule has 4 rings (SSSR count). The van der Waals surface area contributed by atoms with Gasteiger partial charge in [-0.3, -0.25) is 0 Å². The van der Waals surface area contributed by atoms with E-state index in [0.29, 0.717) is 0 Å². The van der Waals surface area contributed by atoms with Gasteiger partial charge >= 0.3 is 0 Å². The number of benzene rings is 1. The molecule has 1 aromatic carbocycles. The first kappa shape index (κ1) is 11.9. The van der Waals surface area contributed by atoms with Crippen LogP contribution in [0.2, 0.25) is 0 Å². The Morgan fingerprint density at radius 2 is 2.16 bits per heavy atom. The summed E-state index contributed by atoms with van der Waals surface area (Å²) in [6.07, 6.45) is 5.96. The molecule has 2 aliphatic carbocycles. The van der Waals surface area contributed by atoms with E-state index in [0.717, 1.165) is 29.8 Å². The fraction of sp³-hybridized carbons (Fsp3) is 0.562. The van der Waals surface area contributed by atoms with Gasteiger partial charge in [0.05, 0.1) is 10.2 Å². The number of thiazole rings is 1. The van der Waals surface area contributed by atoms with E-state index in [1.807, 2.05) is 11.3 Å². The molecule has 2 fully saturated rings. The quantitative estimate of drug-likeness (QED) is 0.915. The van der Waals surface area contributed by atoms with Crippen LogP contribution in [0, 0.1) is 17.8 Å². The van der Waals surface area contributed by atoms with Crippen LogP contribution < -0.4 is 5.32 Å². The van der Waals surface area contributed by atoms with Gasteiger partial charge in [-0.1, -0.05) is 18.6 Å². The van der Waals surface area contributed by atoms with Gasteiger partial charge in [0, 0.05) is 6.54 Å². The van der Waals surface area contributed by atoms with Crippen molar-refractivity contribution in [3.05, 3.63) is 29.3 Å². The highest BCUT2D eigenvalue weighted by Gasteiger charge is 2.38. The van der Waals surface area contributed by atoms with Crippen LogP contribution in [-0.4, -0.2) is 11.5 Å². The zero-order chi connectivity index (χ0) is 12.7. The molecule has 1 aromatic heterocycles. The molecule has 0 aliphatic heterocycles. The minimum atomic E-state index is 0.938. The number of nitrogens with zero attached hydrogens (tertiary/aromatic N) is 1. The number of aromatic nitrogens is 1. The van der Waals surface area contributed by atoms with Crippen LogP contribution in [0.5, 0.6) is 0 Å². The molecule has 0 radical (unpaired) electrons. The van der Waals surface area contributed by atoms with Crippen molar-refractivity contribution < 1.29 is 0 Å². The van der Waals surface area contributed by atoms with Crippen molar-refractivity contribution in [2.24, 2.45) is 17.8 Å². The maximum Gasteiger partial charge on any atom is 0.108 e. The van der Waals surface area contributed by atoms with Gasteiger partial charge in [0.2, 0.25) is 0 Å². The highest BCUT2D eigenvalue weighted by Crippen LogP contribution is 2.47. The second-order valence-corrected chi connectivity index (χ2v) is 7.26. The first-order valence-corrected chi connectivity index (χ1v) is 8.25. The lowest BCUT2D eigenvalue weighted by atomic mass is 9.89. The van der Waals surface area contributed by atoms with Crippen molar-refractivity contribution in [2.75, 3.05) is 6.54 Å². The van der Waals surface area contributed by atoms with Gasteiger partial charge in [-0.25, -0.2) is 4.98 Å². The van der Waals surface area contributed by atoms with E-state index in [9.17, 15) is 0 Å². The van der Waals surface area contributed by atoms with Crippen molar-refractivity contribution in [1.29, 1.82) is 0 Å². The highest BCUT2D eigenvalue weighted by molar-refractivity contribution is 7.18. The van der Waals surface area contributed by atoms with Crippen molar-refractivity contribution in [2.45, 2.75) is 32.2 Å². The van der Waals surface area contributed by atoms with E-state index in [4.69, 9.17) is 0 Å². The number of para-hydroxylation sites is 1. The van der Waals surface area contributed by atoms with Gasteiger partial charge in [0.25, 0.3) is 0 Å². The molecule has 2 aliphatic rings. The SMILES string of the molecule is c1ccc2sc(CNCC3CC4CCC3C4)nc2c1. The monoisotopic (exact) mass is 272 g/mol. The largest absolute Gasteiger partial charge is 0.310 e. The summed E-state index contributed by atoms with van der Waals surface area (Å²) in [6, 6.07) is 8.42. The number of hydrogen-bond donors (Lipinski definition) is 1. The molecule has 3 atom stereocenters. The van der Waals surface area contributed by atoms with Gasteiger partial charge in [-0.15, -0.1) is 11.3 Å². The van der Waals surface area contributed by atoms with Gasteiger partial charge in [0.1, 0.15) is 5.01 Å². The molecule has 1 N–H and O–H groups in total. The Balaban J connectivity index is 1.35. The molecule has 0 amide bonds. The number of nitrogens with one attached hydrogen (secondary N) is 1. The van der Waals surface area contributed by atoms with Crippen LogP contribution in [0.3, 0.4) is 0 Å². The number of rotatable bonds is 4. The average molecular weight is 272 g/mol. The summed E-state index contributed by atoms with van der Waals surface area (Å²) in [5, 5.41) is 4.86. The van der Waals surface area contributed by atoms with E-state index in [-0.39, 0.29) is 0 Å². The van der Waals surface area contributed by atoms with E-state index >= 15 is 0 Å². The zero-order valence-electron chi connectivity index (χ0n) is 11.1. The Labute approximate surface area is 118 Å². The third-order valence-electron chi connectivity index (χ3n) is 4.91. The Hall–Kier alpha value is -0.930. The third-order valence-corrected chi connectivity index (χ3v) is 5.94. The molecule has 2 aromatic rings. The van der Waals surface area contributed by atoms with E-state index < -0.39 is 0 Å². The van der Waals surface area contributed by atoms with Crippen LogP contribution in [0.1, 0.15) is 30.7 Å². The third kappa shape index (κ3) is 2.30. The minimum absolute atomic E-state index is 0.938. The molecule has 0 spiro atoms. The van der Waals surface area contributed by atoms with Crippen molar-refractivity contribution in [1.82, 2.24) is 10.3 Å². The van der Waals surface area contributed by atoms with Crippen LogP contribution >= 0.6 is 11.3 Å². The van der Waals surface area contributed by atoms with Crippen LogP contribution in [0.4, 0.5) is 0 Å². The zero-order valence-corrected chi connectivity index (χ0v) is 12.0. The number of fused-ring (bicyclic) bond motifs is 3. The fourth-order valence-corrected chi connectivity index (χ4v) is 4.92. The molecule has 100 valence electrons. The summed E-state index contributed by atoms with van der Waals surface area (Å²) in [6.45, 7) is 2.13. The first-order chi connectivity index (χ1) is 9.38. The fourth-order valence-electron chi connectivity index (χ4n) is 3.99. The summed E-state index contributed by atoms with van der Waals surface area (Å²) < 4.78 is 1.30. The Kier molecular flexibility index (Phi) is 3.04. The van der Waals surface area contributed by atoms with Crippen LogP contribution in [-0.2, 0) is 6.54 Å². The molecular weight excluding hydrogens is 252 g/mol. The number of hydrogen-bond acceptors (Lipinski definition) is 3. The molecule has 19 heavy (non-hydrogen) atoms. The summed E-state index contributed by atoms with van der Waals surface area (Å²) in [4.78, 5) is 4.68. The average Bonchev–Trinajstić information content (AvgIpc) is 3.12. The second kappa shape index (κ2) is 4.88. The van der Waals surface area contributed by atoms with Crippen LogP contribution in [0.25, 0.3) is 10.2 Å². The van der Waals surface area contributed by atoms with E-state index in [2.05, 4.69) is 34.6 Å². The van der Waals surface area contributed by atoms with Gasteiger partial charge < -0.3 is 5.32 Å². The molecule has 3 heteroatoms. The summed E-state index contributed by atoms with van der Waals surface area (Å²) >= 11 is 1.82. The smallest absolute Gasteiger partial charge is 0.108 e. The first-order valence-electron chi connectivity index (χ1n) is 7.43. The predicted molar refractivity (Wildman–Crippen MR) is 80.3 cm³/mol. The lowest BCUT2D eigenvalue weighted by molar-refractivity contribution is 0.318. The summed E-state index contributed by atoms with van der Waals surface area (Å²) in [5.41, 5.74) is 1.14. The minimum Gasteiger partial charge on any atom is -0.310 e. The maximum atomic E-state index is 4.68. The van der Waals surface area contributed by atoms with Gasteiger partial charge in [-0.2, -0.15) is 0 Å². The molecule has 2 saturated carbocycles. The normalized spacial score (nSPS) is 29.4. The van der Waals surface area contributed by atoms with Crippen molar-refractivity contribution in [3.8, 4) is 0 Å². The van der Waals surface area contributed by atoms with Crippen molar-refractivity contribution >= 4 is 21.6 Å². The second-order valence-electron chi connectivity index (χ2n) is 6.14. The van der Waals surface area contributed by atoms with Gasteiger partial charge in [0.15, 0.2) is 0 Å². The topological polar surface area (TPSA) is 24.9 Å². The lowest BCUT2D eigenvalue weighted by Gasteiger charge is -2.21. The van der Waals surface area contributed by atoms with E-state index in [1.54, 1.807) is 0 Å². The Morgan fingerprint density at radius 3 is 2.95 bits per heavy atom. The van der Waals surface area contributed by atoms with E-state index in [1.165, 1.54) is 41.9 Å². The molecule has 3 unspecified atom stereocenters. The predicted octanol–water partition coefficient (Wildman–Crippen LogP) is 3.82. The summed E-state index contributed by atoms with van der Waals surface area (Å²) in [5.74, 6) is 3.01. The summed E-state index contributed by atoms with van der Waals surface area (Å²) in [7, 11) is 0. The standard InChI is InChI=1S/C16H20N2S/c1-2-4-15-14(3-1)18-16(19-15)10-17-9-13-8-11-5-6-12(13)7-11/h1-4,11-13,17H,5-10H2. The Bertz CT molecular complexity index is 544. The molecule has 2 bridgehead atoms. The Morgan fingerprint density at radius 1 is 1.21 bits per heavy atom. The molecule has 2 nitrogen and oxygen atoms in total. The van der Waals surface area contributed by atoms with Crippen molar-refractivity contribution in [3.63, 3.8) is 0 Å². The van der Waals surface area contributed by atoms with Gasteiger partial charge in [-0.05, 0) is 55.7 Å². The maximum absolute atomic E-state index is 4.68. The lowest BCUT2D eigenvalue weighted by Crippen LogP contribution is -2.26. The van der Waals surface area contributed by atoms with Crippen LogP contribution in [0.15, 0.2) is 24.3 Å². The highest BCUT2D eigenvalue weighted by atomic mass is 32.1. The molecule has 1 heterocycles. The molecule has 0 saturated heterocycles. The molecular formula is C16H20N2S.